The zero-order valence-electron chi connectivity index (χ0n) is 15.4. The molecule has 0 heterocycles. The molecule has 0 radical (unpaired) electrons. The highest BCUT2D eigenvalue weighted by molar-refractivity contribution is 6.93. The van der Waals surface area contributed by atoms with Crippen LogP contribution in [0.3, 0.4) is 0 Å². The molecule has 0 aliphatic carbocycles. The lowest BCUT2D eigenvalue weighted by molar-refractivity contribution is 0.162. The lowest BCUT2D eigenvalue weighted by atomic mass is 9.89. The van der Waals surface area contributed by atoms with E-state index in [-0.39, 0.29) is 5.92 Å². The van der Waals surface area contributed by atoms with Gasteiger partial charge in [-0.2, -0.15) is 0 Å². The molecule has 0 aliphatic rings. The summed E-state index contributed by atoms with van der Waals surface area (Å²) in [5.41, 5.74) is 4.44. The lowest BCUT2D eigenvalue weighted by Crippen LogP contribution is -2.39. The Balaban J connectivity index is 1.94. The molecule has 26 heavy (non-hydrogen) atoms. The zero-order chi connectivity index (χ0) is 18.4. The second-order valence-electron chi connectivity index (χ2n) is 7.24. The van der Waals surface area contributed by atoms with Crippen LogP contribution in [0.15, 0.2) is 103 Å². The van der Waals surface area contributed by atoms with Gasteiger partial charge in [-0.1, -0.05) is 121 Å². The van der Waals surface area contributed by atoms with Crippen molar-refractivity contribution in [2.75, 3.05) is 0 Å². The van der Waals surface area contributed by atoms with Crippen molar-refractivity contribution in [3.05, 3.63) is 114 Å². The van der Waals surface area contributed by atoms with Crippen molar-refractivity contribution < 1.29 is 5.11 Å². The molecule has 0 spiro atoms. The molecule has 132 valence electrons. The average molecular weight is 359 g/mol. The second-order valence-corrected chi connectivity index (χ2v) is 11.6. The third-order valence-electron chi connectivity index (χ3n) is 4.90. The van der Waals surface area contributed by atoms with E-state index in [1.54, 1.807) is 0 Å². The van der Waals surface area contributed by atoms with E-state index >= 15 is 0 Å². The van der Waals surface area contributed by atoms with E-state index < -0.39 is 14.2 Å². The number of aliphatic hydroxyl groups is 1. The molecule has 3 aromatic carbocycles. The molecular weight excluding hydrogens is 332 g/mol. The van der Waals surface area contributed by atoms with Gasteiger partial charge in [-0.3, -0.25) is 0 Å². The highest BCUT2D eigenvalue weighted by atomic mass is 28.3. The van der Waals surface area contributed by atoms with E-state index in [0.29, 0.717) is 0 Å². The van der Waals surface area contributed by atoms with Gasteiger partial charge in [0.1, 0.15) is 8.07 Å². The molecule has 1 nitrogen and oxygen atoms in total. The van der Waals surface area contributed by atoms with Gasteiger partial charge in [0.05, 0.1) is 6.10 Å². The minimum absolute atomic E-state index is 0.0610. The lowest BCUT2D eigenvalue weighted by Gasteiger charge is -2.24. The summed E-state index contributed by atoms with van der Waals surface area (Å²) in [6.07, 6.45) is 1.65. The molecule has 2 atom stereocenters. The van der Waals surface area contributed by atoms with Crippen LogP contribution in [0.4, 0.5) is 0 Å². The molecule has 0 bridgehead atoms. The van der Waals surface area contributed by atoms with Gasteiger partial charge in [-0.25, -0.2) is 0 Å². The maximum Gasteiger partial charge on any atom is 0.103 e. The first-order chi connectivity index (χ1) is 12.6. The first-order valence-corrected chi connectivity index (χ1v) is 12.2. The van der Waals surface area contributed by atoms with Crippen LogP contribution >= 0.6 is 0 Å². The summed E-state index contributed by atoms with van der Waals surface area (Å²) in [6, 6.07) is 30.9. The van der Waals surface area contributed by atoms with Crippen molar-refractivity contribution in [1.82, 2.24) is 0 Å². The molecule has 0 fully saturated rings. The molecule has 0 unspecified atom stereocenters. The number of rotatable bonds is 6. The Morgan fingerprint density at radius 1 is 0.692 bits per heavy atom. The van der Waals surface area contributed by atoms with Crippen molar-refractivity contribution in [3.8, 4) is 0 Å². The van der Waals surface area contributed by atoms with Crippen LogP contribution in [-0.2, 0) is 0 Å². The van der Waals surface area contributed by atoms with Crippen molar-refractivity contribution in [2.24, 2.45) is 0 Å². The van der Waals surface area contributed by atoms with Gasteiger partial charge in [0, 0.05) is 5.92 Å². The third-order valence-corrected chi connectivity index (χ3v) is 7.75. The number of aliphatic hydroxyl groups excluding tert-OH is 1. The van der Waals surface area contributed by atoms with Gasteiger partial charge in [-0.15, -0.1) is 0 Å². The Morgan fingerprint density at radius 3 is 1.69 bits per heavy atom. The number of hydrogen-bond acceptors (Lipinski definition) is 1. The van der Waals surface area contributed by atoms with Crippen LogP contribution < -0.4 is 5.19 Å². The fourth-order valence-electron chi connectivity index (χ4n) is 3.24. The van der Waals surface area contributed by atoms with Crippen LogP contribution in [0.2, 0.25) is 13.1 Å². The highest BCUT2D eigenvalue weighted by Gasteiger charge is 2.24. The quantitative estimate of drug-likeness (QED) is 0.599. The Labute approximate surface area is 157 Å². The van der Waals surface area contributed by atoms with Crippen molar-refractivity contribution in [3.63, 3.8) is 0 Å². The Morgan fingerprint density at radius 2 is 1.15 bits per heavy atom. The summed E-state index contributed by atoms with van der Waals surface area (Å²) >= 11 is 0. The summed E-state index contributed by atoms with van der Waals surface area (Å²) in [6.45, 7) is 4.69. The Bertz CT molecular complexity index is 826. The van der Waals surface area contributed by atoms with Crippen LogP contribution in [0.25, 0.3) is 0 Å². The molecular formula is C24H26OSi. The summed E-state index contributed by atoms with van der Waals surface area (Å²) < 4.78 is 0. The molecule has 3 rings (SSSR count). The fourth-order valence-corrected chi connectivity index (χ4v) is 5.17. The number of benzene rings is 3. The van der Waals surface area contributed by atoms with Crippen LogP contribution in [0.1, 0.15) is 23.1 Å². The maximum absolute atomic E-state index is 11.1. The van der Waals surface area contributed by atoms with E-state index in [9.17, 15) is 5.11 Å². The maximum atomic E-state index is 11.1. The minimum atomic E-state index is -1.71. The van der Waals surface area contributed by atoms with Gasteiger partial charge in [0.25, 0.3) is 0 Å². The number of hydrogen-bond donors (Lipinski definition) is 1. The van der Waals surface area contributed by atoms with Crippen molar-refractivity contribution in [1.29, 1.82) is 0 Å². The second kappa shape index (κ2) is 8.30. The van der Waals surface area contributed by atoms with Crippen LogP contribution in [0.5, 0.6) is 0 Å². The van der Waals surface area contributed by atoms with E-state index in [1.165, 1.54) is 5.19 Å². The van der Waals surface area contributed by atoms with E-state index in [0.717, 1.165) is 11.1 Å². The summed E-state index contributed by atoms with van der Waals surface area (Å²) in [5.74, 6) is -0.0610. The standard InChI is InChI=1S/C24H26OSi/c1-26(2,22-16-10-5-11-17-22)19-18-23(20-12-6-3-7-13-20)24(25)21-14-8-4-9-15-21/h3-19,23-25H,1-2H3/b19-18-/t23-,24-/m0/s1. The van der Waals surface area contributed by atoms with Gasteiger partial charge in [0.15, 0.2) is 0 Å². The monoisotopic (exact) mass is 358 g/mol. The first kappa shape index (κ1) is 18.4. The van der Waals surface area contributed by atoms with Crippen molar-refractivity contribution in [2.45, 2.75) is 25.1 Å². The van der Waals surface area contributed by atoms with Crippen LogP contribution in [0, 0.1) is 0 Å². The van der Waals surface area contributed by atoms with E-state index in [1.807, 2.05) is 48.5 Å². The molecule has 0 amide bonds. The molecule has 0 saturated heterocycles. The summed E-state index contributed by atoms with van der Waals surface area (Å²) in [5, 5.41) is 12.5. The Kier molecular flexibility index (Phi) is 5.87. The predicted molar refractivity (Wildman–Crippen MR) is 113 cm³/mol. The SMILES string of the molecule is C[Si](C)(/C=C\[C@@H](c1ccccc1)[C@@H](O)c1ccccc1)c1ccccc1. The van der Waals surface area contributed by atoms with Crippen LogP contribution in [-0.4, -0.2) is 13.2 Å². The third kappa shape index (κ3) is 4.40. The van der Waals surface area contributed by atoms with E-state index in [2.05, 4.69) is 67.3 Å². The average Bonchev–Trinajstić information content (AvgIpc) is 2.70. The van der Waals surface area contributed by atoms with E-state index in [4.69, 9.17) is 0 Å². The normalized spacial score (nSPS) is 14.3. The van der Waals surface area contributed by atoms with Gasteiger partial charge < -0.3 is 5.11 Å². The summed E-state index contributed by atoms with van der Waals surface area (Å²) in [7, 11) is -1.71. The molecule has 2 heteroatoms. The zero-order valence-corrected chi connectivity index (χ0v) is 16.4. The largest absolute Gasteiger partial charge is 0.387 e. The molecule has 3 aromatic rings. The van der Waals surface area contributed by atoms with Gasteiger partial charge in [-0.05, 0) is 11.1 Å². The fraction of sp³-hybridized carbons (Fsp3) is 0.167. The molecule has 0 aliphatic heterocycles. The Hall–Kier alpha value is -2.42. The topological polar surface area (TPSA) is 20.2 Å². The highest BCUT2D eigenvalue weighted by Crippen LogP contribution is 2.32. The minimum Gasteiger partial charge on any atom is -0.387 e. The summed E-state index contributed by atoms with van der Waals surface area (Å²) in [4.78, 5) is 0. The smallest absolute Gasteiger partial charge is 0.103 e. The van der Waals surface area contributed by atoms with Crippen molar-refractivity contribution >= 4 is 13.3 Å². The van der Waals surface area contributed by atoms with Gasteiger partial charge >= 0.3 is 0 Å². The molecule has 1 N–H and O–H groups in total. The molecule has 0 aromatic heterocycles. The van der Waals surface area contributed by atoms with Gasteiger partial charge in [0.2, 0.25) is 0 Å². The first-order valence-electron chi connectivity index (χ1n) is 9.11. The predicted octanol–water partition coefficient (Wildman–Crippen LogP) is 5.21. The molecule has 0 saturated carbocycles.